The van der Waals surface area contributed by atoms with Crippen LogP contribution in [0.4, 0.5) is 0 Å². The molecule has 0 aromatic heterocycles. The van der Waals surface area contributed by atoms with Crippen molar-refractivity contribution >= 4 is 15.9 Å². The number of benzene rings is 2. The smallest absolute Gasteiger partial charge is 0.251 e. The van der Waals surface area contributed by atoms with E-state index in [-0.39, 0.29) is 22.9 Å². The summed E-state index contributed by atoms with van der Waals surface area (Å²) >= 11 is 0. The standard InChI is InChI=1S/C23H31N3O3S/c1-18(17-26-14-7-4-8-15-26)24-23(27)21-12-9-13-22(16-21)30(28,29)25-19(2)20-10-5-3-6-11-20/h3,5-6,9-13,16,18-19,25H,4,7-8,14-15,17H2,1-2H3,(H,24,27). The van der Waals surface area contributed by atoms with Crippen LogP contribution in [-0.2, 0) is 10.0 Å². The number of nitrogens with zero attached hydrogens (tertiary/aromatic N) is 1. The highest BCUT2D eigenvalue weighted by Crippen LogP contribution is 2.18. The summed E-state index contributed by atoms with van der Waals surface area (Å²) in [5, 5.41) is 2.99. The Balaban J connectivity index is 1.64. The van der Waals surface area contributed by atoms with Crippen LogP contribution in [0.25, 0.3) is 0 Å². The molecule has 2 N–H and O–H groups in total. The molecule has 0 saturated carbocycles. The maximum absolute atomic E-state index is 12.8. The van der Waals surface area contributed by atoms with Crippen LogP contribution < -0.4 is 10.0 Å². The Kier molecular flexibility index (Phi) is 7.64. The average Bonchev–Trinajstić information content (AvgIpc) is 2.75. The monoisotopic (exact) mass is 429 g/mol. The summed E-state index contributed by atoms with van der Waals surface area (Å²) in [4.78, 5) is 15.1. The van der Waals surface area contributed by atoms with Crippen LogP contribution in [0.2, 0.25) is 0 Å². The molecule has 162 valence electrons. The van der Waals surface area contributed by atoms with Gasteiger partial charge in [0.15, 0.2) is 0 Å². The number of sulfonamides is 1. The summed E-state index contributed by atoms with van der Waals surface area (Å²) in [5.74, 6) is -0.257. The zero-order chi connectivity index (χ0) is 21.6. The van der Waals surface area contributed by atoms with Crippen LogP contribution in [0.15, 0.2) is 59.5 Å². The third-order valence-electron chi connectivity index (χ3n) is 5.40. The number of carbonyl (C=O) groups is 1. The van der Waals surface area contributed by atoms with Crippen molar-refractivity contribution in [1.29, 1.82) is 0 Å². The summed E-state index contributed by atoms with van der Waals surface area (Å²) in [6.45, 7) is 6.72. The first-order valence-corrected chi connectivity index (χ1v) is 12.0. The fourth-order valence-electron chi connectivity index (χ4n) is 3.80. The van der Waals surface area contributed by atoms with Gasteiger partial charge in [-0.1, -0.05) is 42.8 Å². The number of carbonyl (C=O) groups excluding carboxylic acids is 1. The van der Waals surface area contributed by atoms with Gasteiger partial charge >= 0.3 is 0 Å². The van der Waals surface area contributed by atoms with Crippen molar-refractivity contribution in [2.24, 2.45) is 0 Å². The third-order valence-corrected chi connectivity index (χ3v) is 6.93. The Morgan fingerprint density at radius 1 is 1.00 bits per heavy atom. The lowest BCUT2D eigenvalue weighted by molar-refractivity contribution is 0.0925. The van der Waals surface area contributed by atoms with Gasteiger partial charge in [-0.2, -0.15) is 0 Å². The van der Waals surface area contributed by atoms with Crippen LogP contribution in [0, 0.1) is 0 Å². The van der Waals surface area contributed by atoms with E-state index in [9.17, 15) is 13.2 Å². The molecule has 1 aliphatic heterocycles. The molecule has 1 aliphatic rings. The number of nitrogens with one attached hydrogen (secondary N) is 2. The van der Waals surface area contributed by atoms with E-state index in [4.69, 9.17) is 0 Å². The lowest BCUT2D eigenvalue weighted by Gasteiger charge is -2.29. The maximum Gasteiger partial charge on any atom is 0.251 e. The zero-order valence-corrected chi connectivity index (χ0v) is 18.5. The summed E-state index contributed by atoms with van der Waals surface area (Å²) in [6.07, 6.45) is 3.68. The highest BCUT2D eigenvalue weighted by Gasteiger charge is 2.21. The largest absolute Gasteiger partial charge is 0.348 e. The van der Waals surface area contributed by atoms with Gasteiger partial charge in [0, 0.05) is 24.2 Å². The fraction of sp³-hybridized carbons (Fsp3) is 0.435. The van der Waals surface area contributed by atoms with Crippen LogP contribution in [0.1, 0.15) is 55.1 Å². The maximum atomic E-state index is 12.8. The number of amides is 1. The Morgan fingerprint density at radius 2 is 1.70 bits per heavy atom. The van der Waals surface area contributed by atoms with Crippen LogP contribution >= 0.6 is 0 Å². The molecule has 30 heavy (non-hydrogen) atoms. The van der Waals surface area contributed by atoms with Gasteiger partial charge in [-0.15, -0.1) is 0 Å². The van der Waals surface area contributed by atoms with E-state index in [2.05, 4.69) is 14.9 Å². The first-order chi connectivity index (χ1) is 14.3. The Morgan fingerprint density at radius 3 is 2.40 bits per heavy atom. The molecule has 2 unspecified atom stereocenters. The predicted octanol–water partition coefficient (Wildman–Crippen LogP) is 3.33. The van der Waals surface area contributed by atoms with E-state index in [0.29, 0.717) is 5.56 Å². The van der Waals surface area contributed by atoms with Crippen LogP contribution in [0.5, 0.6) is 0 Å². The minimum Gasteiger partial charge on any atom is -0.348 e. The van der Waals surface area contributed by atoms with Crippen molar-refractivity contribution in [2.75, 3.05) is 19.6 Å². The molecule has 0 spiro atoms. The Hall–Kier alpha value is -2.22. The van der Waals surface area contributed by atoms with Crippen molar-refractivity contribution in [2.45, 2.75) is 50.1 Å². The van der Waals surface area contributed by atoms with Crippen molar-refractivity contribution in [3.05, 3.63) is 65.7 Å². The SMILES string of the molecule is CC(CN1CCCCC1)NC(=O)c1cccc(S(=O)(=O)NC(C)c2ccccc2)c1. The van der Waals surface area contributed by atoms with Crippen molar-refractivity contribution in [1.82, 2.24) is 14.9 Å². The second kappa shape index (κ2) is 10.2. The van der Waals surface area contributed by atoms with Gasteiger partial charge in [0.05, 0.1) is 4.90 Å². The number of hydrogen-bond donors (Lipinski definition) is 2. The number of hydrogen-bond acceptors (Lipinski definition) is 4. The van der Waals surface area contributed by atoms with Gasteiger partial charge in [-0.3, -0.25) is 4.79 Å². The lowest BCUT2D eigenvalue weighted by Crippen LogP contribution is -2.43. The highest BCUT2D eigenvalue weighted by molar-refractivity contribution is 7.89. The molecule has 2 aromatic carbocycles. The van der Waals surface area contributed by atoms with Gasteiger partial charge in [-0.05, 0) is 63.5 Å². The van der Waals surface area contributed by atoms with Crippen LogP contribution in [-0.4, -0.2) is 44.9 Å². The van der Waals surface area contributed by atoms with Crippen LogP contribution in [0.3, 0.4) is 0 Å². The van der Waals surface area contributed by atoms with Crippen molar-refractivity contribution in [3.63, 3.8) is 0 Å². The molecule has 1 fully saturated rings. The molecule has 6 nitrogen and oxygen atoms in total. The summed E-state index contributed by atoms with van der Waals surface area (Å²) in [7, 11) is -3.75. The van der Waals surface area contributed by atoms with Gasteiger partial charge in [0.2, 0.25) is 10.0 Å². The van der Waals surface area contributed by atoms with Crippen molar-refractivity contribution in [3.8, 4) is 0 Å². The van der Waals surface area contributed by atoms with Gasteiger partial charge in [0.1, 0.15) is 0 Å². The fourth-order valence-corrected chi connectivity index (χ4v) is 5.07. The zero-order valence-electron chi connectivity index (χ0n) is 17.7. The second-order valence-electron chi connectivity index (χ2n) is 8.02. The van der Waals surface area contributed by atoms with E-state index in [0.717, 1.165) is 25.2 Å². The molecule has 0 aliphatic carbocycles. The Bertz CT molecular complexity index is 941. The normalized spacial score (nSPS) is 17.3. The van der Waals surface area contributed by atoms with Gasteiger partial charge in [0.25, 0.3) is 5.91 Å². The molecule has 1 amide bonds. The van der Waals surface area contributed by atoms with E-state index < -0.39 is 10.0 Å². The lowest BCUT2D eigenvalue weighted by atomic mass is 10.1. The van der Waals surface area contributed by atoms with Gasteiger partial charge < -0.3 is 10.2 Å². The van der Waals surface area contributed by atoms with Crippen molar-refractivity contribution < 1.29 is 13.2 Å². The molecule has 0 radical (unpaired) electrons. The predicted molar refractivity (Wildman–Crippen MR) is 119 cm³/mol. The van der Waals surface area contributed by atoms with E-state index >= 15 is 0 Å². The quantitative estimate of drug-likeness (QED) is 0.675. The Labute approximate surface area is 179 Å². The average molecular weight is 430 g/mol. The molecule has 2 aromatic rings. The molecule has 1 heterocycles. The minimum atomic E-state index is -3.75. The number of piperidine rings is 1. The van der Waals surface area contributed by atoms with E-state index in [1.807, 2.05) is 37.3 Å². The minimum absolute atomic E-state index is 0.00732. The first kappa shape index (κ1) is 22.5. The first-order valence-electron chi connectivity index (χ1n) is 10.6. The number of rotatable bonds is 8. The molecule has 2 atom stereocenters. The van der Waals surface area contributed by atoms with E-state index in [1.165, 1.54) is 31.4 Å². The molecular weight excluding hydrogens is 398 g/mol. The van der Waals surface area contributed by atoms with Gasteiger partial charge in [-0.25, -0.2) is 13.1 Å². The molecule has 0 bridgehead atoms. The van der Waals surface area contributed by atoms with E-state index in [1.54, 1.807) is 19.1 Å². The summed E-state index contributed by atoms with van der Waals surface area (Å²) in [5.41, 5.74) is 1.22. The highest BCUT2D eigenvalue weighted by atomic mass is 32.2. The third kappa shape index (κ3) is 6.14. The molecule has 1 saturated heterocycles. The topological polar surface area (TPSA) is 78.5 Å². The number of likely N-dealkylation sites (tertiary alicyclic amines) is 1. The molecular formula is C23H31N3O3S. The summed E-state index contributed by atoms with van der Waals surface area (Å²) in [6, 6.07) is 15.2. The molecule has 3 rings (SSSR count). The summed E-state index contributed by atoms with van der Waals surface area (Å²) < 4.78 is 28.3. The second-order valence-corrected chi connectivity index (χ2v) is 9.73. The molecule has 7 heteroatoms.